The molecular formula is C18H22N4O5S. The molecule has 0 radical (unpaired) electrons. The summed E-state index contributed by atoms with van der Waals surface area (Å²) in [6.45, 7) is 5.01. The van der Waals surface area contributed by atoms with E-state index in [-0.39, 0.29) is 10.6 Å². The van der Waals surface area contributed by atoms with E-state index in [1.54, 1.807) is 24.3 Å². The lowest BCUT2D eigenvalue weighted by molar-refractivity contribution is -0.384. The lowest BCUT2D eigenvalue weighted by Gasteiger charge is -2.27. The third kappa shape index (κ3) is 5.18. The minimum Gasteiger partial charge on any atom is -0.490 e. The summed E-state index contributed by atoms with van der Waals surface area (Å²) in [4.78, 5) is 12.4. The van der Waals surface area contributed by atoms with Gasteiger partial charge in [-0.05, 0) is 24.3 Å². The fraction of sp³-hybridized carbons (Fsp3) is 0.333. The second-order valence-corrected chi connectivity index (χ2v) is 7.98. The molecule has 10 heteroatoms. The van der Waals surface area contributed by atoms with E-state index in [0.717, 1.165) is 44.9 Å². The van der Waals surface area contributed by atoms with Crippen LogP contribution in [-0.4, -0.2) is 57.6 Å². The highest BCUT2D eigenvalue weighted by atomic mass is 32.2. The number of nitro benzene ring substituents is 1. The molecule has 2 aromatic carbocycles. The number of hydrogen-bond donors (Lipinski definition) is 2. The van der Waals surface area contributed by atoms with Crippen LogP contribution in [0.1, 0.15) is 0 Å². The zero-order chi connectivity index (χ0) is 20.0. The van der Waals surface area contributed by atoms with Gasteiger partial charge in [0, 0.05) is 44.9 Å². The van der Waals surface area contributed by atoms with E-state index in [1.165, 1.54) is 12.1 Å². The molecule has 2 N–H and O–H groups in total. The third-order valence-electron chi connectivity index (χ3n) is 4.36. The minimum absolute atomic E-state index is 0.0614. The zero-order valence-corrected chi connectivity index (χ0v) is 16.0. The van der Waals surface area contributed by atoms with Crippen molar-refractivity contribution in [3.8, 4) is 5.75 Å². The first-order valence-corrected chi connectivity index (χ1v) is 10.4. The van der Waals surface area contributed by atoms with Crippen molar-refractivity contribution in [2.75, 3.05) is 44.1 Å². The Bertz CT molecular complexity index is 912. The van der Waals surface area contributed by atoms with Gasteiger partial charge in [0.1, 0.15) is 12.4 Å². The van der Waals surface area contributed by atoms with Gasteiger partial charge < -0.3 is 10.1 Å². The van der Waals surface area contributed by atoms with Crippen LogP contribution in [0.25, 0.3) is 0 Å². The van der Waals surface area contributed by atoms with Crippen molar-refractivity contribution in [1.82, 2.24) is 10.2 Å². The summed E-state index contributed by atoms with van der Waals surface area (Å²) in [5.41, 5.74) is 0.150. The smallest absolute Gasteiger partial charge is 0.269 e. The van der Waals surface area contributed by atoms with Gasteiger partial charge in [0.25, 0.3) is 15.7 Å². The number of para-hydroxylation sites is 2. The highest BCUT2D eigenvalue weighted by Crippen LogP contribution is 2.27. The maximum absolute atomic E-state index is 12.6. The number of nitrogens with one attached hydrogen (secondary N) is 2. The molecule has 0 aliphatic carbocycles. The van der Waals surface area contributed by atoms with Crippen LogP contribution in [0.4, 0.5) is 11.4 Å². The number of non-ortho nitro benzene ring substituents is 1. The van der Waals surface area contributed by atoms with Crippen LogP contribution >= 0.6 is 0 Å². The number of anilines is 1. The molecule has 1 heterocycles. The quantitative estimate of drug-likeness (QED) is 0.506. The Kier molecular flexibility index (Phi) is 6.45. The molecule has 0 amide bonds. The Balaban J connectivity index is 1.66. The number of piperazine rings is 1. The predicted octanol–water partition coefficient (Wildman–Crippen LogP) is 1.68. The highest BCUT2D eigenvalue weighted by Gasteiger charge is 2.18. The molecule has 0 saturated carbocycles. The SMILES string of the molecule is O=[N+]([O-])c1ccc(S(=O)(=O)Nc2ccccc2OCCN2CCNCC2)cc1. The standard InChI is InChI=1S/C18H22N4O5S/c23-22(24)15-5-7-16(8-6-15)28(25,26)20-17-3-1-2-4-18(17)27-14-13-21-11-9-19-10-12-21/h1-8,19-20H,9-14H2. The van der Waals surface area contributed by atoms with Crippen molar-refractivity contribution in [1.29, 1.82) is 0 Å². The van der Waals surface area contributed by atoms with Gasteiger partial charge in [-0.15, -0.1) is 0 Å². The van der Waals surface area contributed by atoms with Gasteiger partial charge in [-0.1, -0.05) is 12.1 Å². The molecule has 0 atom stereocenters. The average molecular weight is 406 g/mol. The largest absolute Gasteiger partial charge is 0.490 e. The molecule has 0 spiro atoms. The van der Waals surface area contributed by atoms with Gasteiger partial charge in [0.05, 0.1) is 15.5 Å². The van der Waals surface area contributed by atoms with Crippen LogP contribution in [0.2, 0.25) is 0 Å². The number of benzene rings is 2. The fourth-order valence-corrected chi connectivity index (χ4v) is 3.92. The first kappa shape index (κ1) is 20.1. The predicted molar refractivity (Wildman–Crippen MR) is 105 cm³/mol. The first-order valence-electron chi connectivity index (χ1n) is 8.88. The number of hydrogen-bond acceptors (Lipinski definition) is 7. The highest BCUT2D eigenvalue weighted by molar-refractivity contribution is 7.92. The first-order chi connectivity index (χ1) is 13.5. The molecule has 1 saturated heterocycles. The van der Waals surface area contributed by atoms with Crippen LogP contribution < -0.4 is 14.8 Å². The van der Waals surface area contributed by atoms with E-state index in [2.05, 4.69) is 14.9 Å². The Labute approximate surface area is 163 Å². The molecule has 0 aromatic heterocycles. The molecule has 1 fully saturated rings. The van der Waals surface area contributed by atoms with Crippen LogP contribution in [0, 0.1) is 10.1 Å². The summed E-state index contributed by atoms with van der Waals surface area (Å²) >= 11 is 0. The van der Waals surface area contributed by atoms with Gasteiger partial charge in [-0.25, -0.2) is 8.42 Å². The van der Waals surface area contributed by atoms with Gasteiger partial charge >= 0.3 is 0 Å². The van der Waals surface area contributed by atoms with Crippen LogP contribution in [0.5, 0.6) is 5.75 Å². The maximum atomic E-state index is 12.6. The Morgan fingerprint density at radius 3 is 2.46 bits per heavy atom. The number of rotatable bonds is 8. The van der Waals surface area contributed by atoms with Gasteiger partial charge in [0.2, 0.25) is 0 Å². The number of ether oxygens (including phenoxy) is 1. The lowest BCUT2D eigenvalue weighted by atomic mass is 10.3. The minimum atomic E-state index is -3.90. The average Bonchev–Trinajstić information content (AvgIpc) is 2.70. The van der Waals surface area contributed by atoms with Crippen molar-refractivity contribution in [3.63, 3.8) is 0 Å². The van der Waals surface area contributed by atoms with Gasteiger partial charge in [0.15, 0.2) is 0 Å². The van der Waals surface area contributed by atoms with E-state index in [1.807, 2.05) is 0 Å². The molecular weight excluding hydrogens is 384 g/mol. The molecule has 28 heavy (non-hydrogen) atoms. The summed E-state index contributed by atoms with van der Waals surface area (Å²) in [5.74, 6) is 0.433. The van der Waals surface area contributed by atoms with E-state index in [4.69, 9.17) is 4.74 Å². The monoisotopic (exact) mass is 406 g/mol. The molecule has 150 valence electrons. The Morgan fingerprint density at radius 2 is 1.79 bits per heavy atom. The van der Waals surface area contributed by atoms with Crippen molar-refractivity contribution >= 4 is 21.4 Å². The Hall–Kier alpha value is -2.69. The second kappa shape index (κ2) is 9.00. The zero-order valence-electron chi connectivity index (χ0n) is 15.2. The van der Waals surface area contributed by atoms with Crippen LogP contribution in [0.3, 0.4) is 0 Å². The van der Waals surface area contributed by atoms with E-state index < -0.39 is 14.9 Å². The Morgan fingerprint density at radius 1 is 1.11 bits per heavy atom. The normalized spacial score (nSPS) is 15.1. The molecule has 0 bridgehead atoms. The molecule has 1 aliphatic rings. The fourth-order valence-electron chi connectivity index (χ4n) is 2.85. The van der Waals surface area contributed by atoms with E-state index in [9.17, 15) is 18.5 Å². The van der Waals surface area contributed by atoms with E-state index >= 15 is 0 Å². The van der Waals surface area contributed by atoms with Crippen LogP contribution in [0.15, 0.2) is 53.4 Å². The summed E-state index contributed by atoms with van der Waals surface area (Å²) in [6, 6.07) is 11.5. The van der Waals surface area contributed by atoms with Gasteiger partial charge in [-0.2, -0.15) is 0 Å². The van der Waals surface area contributed by atoms with Crippen molar-refractivity contribution in [2.45, 2.75) is 4.90 Å². The molecule has 9 nitrogen and oxygen atoms in total. The summed E-state index contributed by atoms with van der Waals surface area (Å²) in [5, 5.41) is 14.0. The molecule has 0 unspecified atom stereocenters. The number of nitro groups is 1. The number of sulfonamides is 1. The lowest BCUT2D eigenvalue weighted by Crippen LogP contribution is -2.44. The molecule has 3 rings (SSSR count). The summed E-state index contributed by atoms with van der Waals surface area (Å²) in [6.07, 6.45) is 0. The number of nitrogens with zero attached hydrogens (tertiary/aromatic N) is 2. The van der Waals surface area contributed by atoms with Crippen molar-refractivity contribution in [2.24, 2.45) is 0 Å². The summed E-state index contributed by atoms with van der Waals surface area (Å²) in [7, 11) is -3.90. The van der Waals surface area contributed by atoms with Crippen molar-refractivity contribution < 1.29 is 18.1 Å². The molecule has 2 aromatic rings. The van der Waals surface area contributed by atoms with Crippen molar-refractivity contribution in [3.05, 3.63) is 58.6 Å². The third-order valence-corrected chi connectivity index (χ3v) is 5.75. The molecule has 1 aliphatic heterocycles. The van der Waals surface area contributed by atoms with Gasteiger partial charge in [-0.3, -0.25) is 19.7 Å². The second-order valence-electron chi connectivity index (χ2n) is 6.29. The topological polar surface area (TPSA) is 114 Å². The van der Waals surface area contributed by atoms with E-state index in [0.29, 0.717) is 18.0 Å². The summed E-state index contributed by atoms with van der Waals surface area (Å²) < 4.78 is 33.5. The maximum Gasteiger partial charge on any atom is 0.269 e. The van der Waals surface area contributed by atoms with Crippen LogP contribution in [-0.2, 0) is 10.0 Å².